The van der Waals surface area contributed by atoms with Gasteiger partial charge in [-0.25, -0.2) is 9.18 Å². The van der Waals surface area contributed by atoms with Gasteiger partial charge in [0.25, 0.3) is 5.56 Å². The maximum atomic E-state index is 13.0. The van der Waals surface area contributed by atoms with Gasteiger partial charge in [-0.2, -0.15) is 0 Å². The Bertz CT molecular complexity index is 645. The van der Waals surface area contributed by atoms with Gasteiger partial charge in [0.1, 0.15) is 11.4 Å². The number of carbonyl (C=O) groups is 1. The van der Waals surface area contributed by atoms with Crippen LogP contribution in [-0.4, -0.2) is 16.1 Å². The number of aryl methyl sites for hydroxylation is 1. The Morgan fingerprint density at radius 1 is 1.44 bits per heavy atom. The van der Waals surface area contributed by atoms with E-state index in [-0.39, 0.29) is 11.1 Å². The van der Waals surface area contributed by atoms with Crippen LogP contribution in [0.15, 0.2) is 23.0 Å². The Labute approximate surface area is 89.3 Å². The van der Waals surface area contributed by atoms with Gasteiger partial charge < -0.3 is 10.1 Å². The number of fused-ring (bicyclic) bond motifs is 1. The summed E-state index contributed by atoms with van der Waals surface area (Å²) in [5.41, 5.74) is -0.332. The Morgan fingerprint density at radius 2 is 2.12 bits per heavy atom. The number of aromatic nitrogens is 1. The van der Waals surface area contributed by atoms with Crippen LogP contribution in [0.5, 0.6) is 0 Å². The molecular formula is C11H8FNO3. The maximum Gasteiger partial charge on any atom is 0.341 e. The molecule has 0 unspecified atom stereocenters. The zero-order chi connectivity index (χ0) is 11.9. The molecule has 0 aliphatic carbocycles. The van der Waals surface area contributed by atoms with Crippen molar-refractivity contribution in [2.45, 2.75) is 6.92 Å². The summed E-state index contributed by atoms with van der Waals surface area (Å²) in [7, 11) is 0. The van der Waals surface area contributed by atoms with Crippen molar-refractivity contribution >= 4 is 16.9 Å². The van der Waals surface area contributed by atoms with E-state index in [0.29, 0.717) is 10.9 Å². The second-order valence-corrected chi connectivity index (χ2v) is 3.45. The van der Waals surface area contributed by atoms with E-state index in [1.165, 1.54) is 25.1 Å². The molecule has 0 saturated carbocycles. The topological polar surface area (TPSA) is 70.2 Å². The zero-order valence-electron chi connectivity index (χ0n) is 8.37. The van der Waals surface area contributed by atoms with Crippen LogP contribution < -0.4 is 5.56 Å². The molecule has 0 amide bonds. The highest BCUT2D eigenvalue weighted by atomic mass is 19.1. The van der Waals surface area contributed by atoms with Gasteiger partial charge in [0.15, 0.2) is 0 Å². The summed E-state index contributed by atoms with van der Waals surface area (Å²) in [6, 6.07) is 3.82. The fourth-order valence-corrected chi connectivity index (χ4v) is 1.68. The quantitative estimate of drug-likeness (QED) is 0.769. The number of carboxylic acids is 1. The third-order valence-corrected chi connectivity index (χ3v) is 2.45. The van der Waals surface area contributed by atoms with Crippen LogP contribution in [-0.2, 0) is 0 Å². The molecule has 0 saturated heterocycles. The highest BCUT2D eigenvalue weighted by Gasteiger charge is 2.15. The standard InChI is InChI=1S/C11H8FNO3/c1-5-7-4-6(12)2-3-8(7)13-10(14)9(5)11(15)16/h2-4H,1H3,(H,13,14)(H,15,16). The van der Waals surface area contributed by atoms with Crippen molar-refractivity contribution in [2.75, 3.05) is 0 Å². The lowest BCUT2D eigenvalue weighted by Crippen LogP contribution is -2.19. The second-order valence-electron chi connectivity index (χ2n) is 3.45. The van der Waals surface area contributed by atoms with E-state index in [1.807, 2.05) is 0 Å². The Balaban J connectivity index is 2.96. The molecule has 1 aromatic carbocycles. The average Bonchev–Trinajstić information content (AvgIpc) is 2.19. The number of benzene rings is 1. The van der Waals surface area contributed by atoms with E-state index in [2.05, 4.69) is 4.98 Å². The lowest BCUT2D eigenvalue weighted by Gasteiger charge is -2.05. The van der Waals surface area contributed by atoms with Crippen molar-refractivity contribution in [1.82, 2.24) is 4.98 Å². The largest absolute Gasteiger partial charge is 0.477 e. The summed E-state index contributed by atoms with van der Waals surface area (Å²) in [5.74, 6) is -1.79. The van der Waals surface area contributed by atoms with E-state index >= 15 is 0 Å². The van der Waals surface area contributed by atoms with Gasteiger partial charge >= 0.3 is 5.97 Å². The number of H-pyrrole nitrogens is 1. The highest BCUT2D eigenvalue weighted by Crippen LogP contribution is 2.18. The molecule has 0 spiro atoms. The van der Waals surface area contributed by atoms with Gasteiger partial charge in [0.2, 0.25) is 0 Å². The lowest BCUT2D eigenvalue weighted by molar-refractivity contribution is 0.0694. The number of pyridine rings is 1. The molecule has 5 heteroatoms. The summed E-state index contributed by atoms with van der Waals surface area (Å²) in [6.45, 7) is 1.49. The van der Waals surface area contributed by atoms with Crippen LogP contribution >= 0.6 is 0 Å². The SMILES string of the molecule is Cc1c(C(=O)O)c(=O)[nH]c2ccc(F)cc12. The van der Waals surface area contributed by atoms with Crippen molar-refractivity contribution in [1.29, 1.82) is 0 Å². The second kappa shape index (κ2) is 3.44. The third kappa shape index (κ3) is 1.46. The summed E-state index contributed by atoms with van der Waals surface area (Å²) >= 11 is 0. The van der Waals surface area contributed by atoms with Gasteiger partial charge in [-0.3, -0.25) is 4.79 Å². The highest BCUT2D eigenvalue weighted by molar-refractivity contribution is 5.95. The Morgan fingerprint density at radius 3 is 2.75 bits per heavy atom. The molecule has 2 aromatic rings. The van der Waals surface area contributed by atoms with Gasteiger partial charge in [0.05, 0.1) is 0 Å². The van der Waals surface area contributed by atoms with Crippen molar-refractivity contribution in [3.8, 4) is 0 Å². The van der Waals surface area contributed by atoms with Gasteiger partial charge in [-0.1, -0.05) is 0 Å². The van der Waals surface area contributed by atoms with Gasteiger partial charge in [-0.05, 0) is 30.7 Å². The van der Waals surface area contributed by atoms with Crippen molar-refractivity contribution < 1.29 is 14.3 Å². The summed E-state index contributed by atoms with van der Waals surface area (Å²) < 4.78 is 13.0. The van der Waals surface area contributed by atoms with Crippen molar-refractivity contribution in [3.63, 3.8) is 0 Å². The van der Waals surface area contributed by atoms with Crippen LogP contribution in [0.25, 0.3) is 10.9 Å². The first kappa shape index (κ1) is 10.4. The predicted octanol–water partition coefficient (Wildman–Crippen LogP) is 1.67. The predicted molar refractivity (Wildman–Crippen MR) is 56.2 cm³/mol. The van der Waals surface area contributed by atoms with E-state index in [0.717, 1.165) is 0 Å². The molecule has 1 aromatic heterocycles. The monoisotopic (exact) mass is 221 g/mol. The first-order valence-corrected chi connectivity index (χ1v) is 4.56. The molecule has 0 aliphatic rings. The first-order valence-electron chi connectivity index (χ1n) is 4.56. The van der Waals surface area contributed by atoms with Crippen LogP contribution in [0, 0.1) is 12.7 Å². The number of halogens is 1. The Kier molecular flexibility index (Phi) is 2.23. The van der Waals surface area contributed by atoms with E-state index in [9.17, 15) is 14.0 Å². The fourth-order valence-electron chi connectivity index (χ4n) is 1.68. The molecule has 0 aliphatic heterocycles. The van der Waals surface area contributed by atoms with E-state index < -0.39 is 17.3 Å². The number of hydrogen-bond donors (Lipinski definition) is 2. The lowest BCUT2D eigenvalue weighted by atomic mass is 10.0. The molecule has 4 nitrogen and oxygen atoms in total. The van der Waals surface area contributed by atoms with Crippen LogP contribution in [0.4, 0.5) is 4.39 Å². The number of rotatable bonds is 1. The molecule has 0 fully saturated rings. The van der Waals surface area contributed by atoms with E-state index in [1.54, 1.807) is 0 Å². The maximum absolute atomic E-state index is 13.0. The van der Waals surface area contributed by atoms with E-state index in [4.69, 9.17) is 5.11 Å². The van der Waals surface area contributed by atoms with Crippen LogP contribution in [0.3, 0.4) is 0 Å². The minimum absolute atomic E-state index is 0.269. The molecule has 16 heavy (non-hydrogen) atoms. The minimum atomic E-state index is -1.31. The molecule has 1 heterocycles. The molecular weight excluding hydrogens is 213 g/mol. The number of aromatic carboxylic acids is 1. The zero-order valence-corrected chi connectivity index (χ0v) is 8.37. The fraction of sp³-hybridized carbons (Fsp3) is 0.0909. The molecule has 0 radical (unpaired) electrons. The summed E-state index contributed by atoms with van der Waals surface area (Å²) in [5, 5.41) is 9.26. The first-order chi connectivity index (χ1) is 7.50. The number of carboxylic acid groups (broad SMARTS) is 1. The summed E-state index contributed by atoms with van der Waals surface area (Å²) in [6.07, 6.45) is 0. The minimum Gasteiger partial charge on any atom is -0.477 e. The van der Waals surface area contributed by atoms with Gasteiger partial charge in [0, 0.05) is 10.9 Å². The van der Waals surface area contributed by atoms with Crippen LogP contribution in [0.2, 0.25) is 0 Å². The number of aromatic amines is 1. The van der Waals surface area contributed by atoms with Crippen molar-refractivity contribution in [3.05, 3.63) is 45.5 Å². The molecule has 2 N–H and O–H groups in total. The third-order valence-electron chi connectivity index (χ3n) is 2.45. The number of nitrogens with one attached hydrogen (secondary N) is 1. The normalized spacial score (nSPS) is 10.6. The Hall–Kier alpha value is -2.17. The molecule has 0 atom stereocenters. The van der Waals surface area contributed by atoms with Crippen molar-refractivity contribution in [2.24, 2.45) is 0 Å². The average molecular weight is 221 g/mol. The summed E-state index contributed by atoms with van der Waals surface area (Å²) in [4.78, 5) is 24.7. The molecule has 2 rings (SSSR count). The number of hydrogen-bond acceptors (Lipinski definition) is 2. The smallest absolute Gasteiger partial charge is 0.341 e. The van der Waals surface area contributed by atoms with Crippen LogP contribution in [0.1, 0.15) is 15.9 Å². The molecule has 82 valence electrons. The van der Waals surface area contributed by atoms with Gasteiger partial charge in [-0.15, -0.1) is 0 Å². The molecule has 0 bridgehead atoms.